The lowest BCUT2D eigenvalue weighted by atomic mass is 10.1. The number of hydrogen-bond donors (Lipinski definition) is 2. The third-order valence-corrected chi connectivity index (χ3v) is 4.41. The van der Waals surface area contributed by atoms with Crippen molar-refractivity contribution in [3.8, 4) is 0 Å². The number of rotatable bonds is 7. The Bertz CT molecular complexity index is 975. The van der Waals surface area contributed by atoms with Gasteiger partial charge >= 0.3 is 0 Å². The van der Waals surface area contributed by atoms with E-state index in [9.17, 15) is 9.59 Å². The third kappa shape index (κ3) is 5.68. The van der Waals surface area contributed by atoms with Crippen LogP contribution in [-0.4, -0.2) is 35.7 Å². The summed E-state index contributed by atoms with van der Waals surface area (Å²) >= 11 is 0. The molecule has 29 heavy (non-hydrogen) atoms. The van der Waals surface area contributed by atoms with Gasteiger partial charge in [-0.3, -0.25) is 9.59 Å². The Kier molecular flexibility index (Phi) is 6.29. The molecule has 7 heteroatoms. The van der Waals surface area contributed by atoms with E-state index in [1.54, 1.807) is 29.1 Å². The highest BCUT2D eigenvalue weighted by Crippen LogP contribution is 2.16. The van der Waals surface area contributed by atoms with Gasteiger partial charge in [0.2, 0.25) is 11.8 Å². The van der Waals surface area contributed by atoms with Crippen molar-refractivity contribution in [1.29, 1.82) is 0 Å². The van der Waals surface area contributed by atoms with Crippen molar-refractivity contribution >= 4 is 29.0 Å². The van der Waals surface area contributed by atoms with Crippen LogP contribution in [0.15, 0.2) is 60.8 Å². The molecule has 0 aliphatic heterocycles. The van der Waals surface area contributed by atoms with Crippen LogP contribution in [0.25, 0.3) is 0 Å². The van der Waals surface area contributed by atoms with Gasteiger partial charge in [-0.05, 0) is 35.4 Å². The summed E-state index contributed by atoms with van der Waals surface area (Å²) in [5, 5.41) is 9.95. The summed E-state index contributed by atoms with van der Waals surface area (Å²) in [7, 11) is 4.01. The molecule has 0 bridgehead atoms. The van der Waals surface area contributed by atoms with Crippen LogP contribution in [-0.2, 0) is 22.6 Å². The number of carbonyl (C=O) groups is 2. The summed E-state index contributed by atoms with van der Waals surface area (Å²) in [4.78, 5) is 25.6. The first-order valence-corrected chi connectivity index (χ1v) is 9.35. The van der Waals surface area contributed by atoms with Gasteiger partial charge in [-0.2, -0.15) is 5.10 Å². The first kappa shape index (κ1) is 20.1. The molecule has 0 unspecified atom stereocenters. The molecule has 0 spiro atoms. The third-order valence-electron chi connectivity index (χ3n) is 4.41. The Labute approximate surface area is 170 Å². The van der Waals surface area contributed by atoms with Crippen molar-refractivity contribution in [1.82, 2.24) is 9.78 Å². The number of hydrogen-bond acceptors (Lipinski definition) is 4. The number of carbonyl (C=O) groups excluding carboxylic acids is 2. The van der Waals surface area contributed by atoms with Crippen molar-refractivity contribution < 1.29 is 9.59 Å². The Morgan fingerprint density at radius 1 is 0.931 bits per heavy atom. The van der Waals surface area contributed by atoms with Crippen molar-refractivity contribution in [2.75, 3.05) is 29.6 Å². The minimum absolute atomic E-state index is 0.123. The molecule has 0 fully saturated rings. The number of benzene rings is 2. The van der Waals surface area contributed by atoms with Gasteiger partial charge in [0.15, 0.2) is 0 Å². The molecule has 2 aromatic carbocycles. The molecule has 1 heterocycles. The lowest BCUT2D eigenvalue weighted by molar-refractivity contribution is -0.116. The van der Waals surface area contributed by atoms with Crippen molar-refractivity contribution in [3.63, 3.8) is 0 Å². The van der Waals surface area contributed by atoms with E-state index in [1.165, 1.54) is 6.92 Å². The molecule has 7 nitrogen and oxygen atoms in total. The van der Waals surface area contributed by atoms with Crippen LogP contribution in [0.5, 0.6) is 0 Å². The summed E-state index contributed by atoms with van der Waals surface area (Å²) in [6.45, 7) is 2.03. The van der Waals surface area contributed by atoms with E-state index in [-0.39, 0.29) is 18.2 Å². The van der Waals surface area contributed by atoms with Gasteiger partial charge in [0, 0.05) is 38.5 Å². The van der Waals surface area contributed by atoms with Crippen LogP contribution < -0.4 is 15.5 Å². The number of nitrogens with zero attached hydrogens (tertiary/aromatic N) is 3. The molecule has 3 rings (SSSR count). The number of nitrogens with one attached hydrogen (secondary N) is 2. The summed E-state index contributed by atoms with van der Waals surface area (Å²) < 4.78 is 1.77. The van der Waals surface area contributed by atoms with Gasteiger partial charge in [-0.15, -0.1) is 0 Å². The Morgan fingerprint density at radius 3 is 2.21 bits per heavy atom. The molecule has 3 aromatic rings. The maximum Gasteiger partial charge on any atom is 0.229 e. The number of aromatic nitrogens is 2. The molecule has 2 amide bonds. The fraction of sp³-hybridized carbons (Fsp3) is 0.227. The summed E-state index contributed by atoms with van der Waals surface area (Å²) in [6.07, 6.45) is 1.91. The minimum atomic E-state index is -0.125. The summed E-state index contributed by atoms with van der Waals surface area (Å²) in [5.74, 6) is 0.406. The largest absolute Gasteiger partial charge is 0.378 e. The standard InChI is InChI=1S/C22H25N5O2/c1-16(28)24-19-8-4-17(5-9-19)14-22(29)25-21-12-13-23-27(21)15-18-6-10-20(11-7-18)26(2)3/h4-13H,14-15H2,1-3H3,(H,24,28)(H,25,29). The molecule has 150 valence electrons. The second kappa shape index (κ2) is 9.05. The van der Waals surface area contributed by atoms with Crippen LogP contribution in [0, 0.1) is 0 Å². The lowest BCUT2D eigenvalue weighted by Crippen LogP contribution is -2.18. The average molecular weight is 391 g/mol. The van der Waals surface area contributed by atoms with Crippen molar-refractivity contribution in [2.24, 2.45) is 0 Å². The van der Waals surface area contributed by atoms with Crippen LogP contribution >= 0.6 is 0 Å². The highest BCUT2D eigenvalue weighted by molar-refractivity contribution is 5.92. The molecule has 0 aliphatic carbocycles. The molecule has 0 saturated heterocycles. The van der Waals surface area contributed by atoms with Gasteiger partial charge in [0.1, 0.15) is 5.82 Å². The molecular weight excluding hydrogens is 366 g/mol. The highest BCUT2D eigenvalue weighted by Gasteiger charge is 2.09. The Morgan fingerprint density at radius 2 is 1.59 bits per heavy atom. The van der Waals surface area contributed by atoms with E-state index in [0.717, 1.165) is 16.8 Å². The summed E-state index contributed by atoms with van der Waals surface area (Å²) in [5.41, 5.74) is 3.80. The topological polar surface area (TPSA) is 79.3 Å². The van der Waals surface area contributed by atoms with Crippen LogP contribution in [0.3, 0.4) is 0 Å². The smallest absolute Gasteiger partial charge is 0.229 e. The monoisotopic (exact) mass is 391 g/mol. The second-order valence-electron chi connectivity index (χ2n) is 7.04. The molecule has 2 N–H and O–H groups in total. The van der Waals surface area contributed by atoms with Crippen molar-refractivity contribution in [2.45, 2.75) is 19.9 Å². The van der Waals surface area contributed by atoms with Gasteiger partial charge < -0.3 is 15.5 Å². The SMILES string of the molecule is CC(=O)Nc1ccc(CC(=O)Nc2ccnn2Cc2ccc(N(C)C)cc2)cc1. The molecule has 0 radical (unpaired) electrons. The normalized spacial score (nSPS) is 10.4. The Balaban J connectivity index is 1.60. The maximum atomic E-state index is 12.4. The Hall–Kier alpha value is -3.61. The van der Waals surface area contributed by atoms with Crippen LogP contribution in [0.4, 0.5) is 17.2 Å². The zero-order valence-electron chi connectivity index (χ0n) is 16.8. The van der Waals surface area contributed by atoms with E-state index in [1.807, 2.05) is 31.1 Å². The predicted molar refractivity (Wildman–Crippen MR) is 115 cm³/mol. The van der Waals surface area contributed by atoms with Crippen LogP contribution in [0.1, 0.15) is 18.1 Å². The molecule has 0 saturated carbocycles. The quantitative estimate of drug-likeness (QED) is 0.649. The molecule has 0 aliphatic rings. The zero-order valence-corrected chi connectivity index (χ0v) is 16.8. The van der Waals surface area contributed by atoms with Gasteiger partial charge in [-0.25, -0.2) is 4.68 Å². The fourth-order valence-electron chi connectivity index (χ4n) is 2.92. The summed E-state index contributed by atoms with van der Waals surface area (Å²) in [6, 6.07) is 17.2. The van der Waals surface area contributed by atoms with E-state index in [4.69, 9.17) is 0 Å². The van der Waals surface area contributed by atoms with Gasteiger partial charge in [0.25, 0.3) is 0 Å². The van der Waals surface area contributed by atoms with Crippen LogP contribution in [0.2, 0.25) is 0 Å². The first-order valence-electron chi connectivity index (χ1n) is 9.35. The van der Waals surface area contributed by atoms with E-state index < -0.39 is 0 Å². The minimum Gasteiger partial charge on any atom is -0.378 e. The van der Waals surface area contributed by atoms with Gasteiger partial charge in [-0.1, -0.05) is 24.3 Å². The molecule has 0 atom stereocenters. The second-order valence-corrected chi connectivity index (χ2v) is 7.04. The number of amides is 2. The predicted octanol–water partition coefficient (Wildman–Crippen LogP) is 3.14. The lowest BCUT2D eigenvalue weighted by Gasteiger charge is -2.13. The van der Waals surface area contributed by atoms with Crippen molar-refractivity contribution in [3.05, 3.63) is 71.9 Å². The van der Waals surface area contributed by atoms with E-state index in [0.29, 0.717) is 18.1 Å². The number of anilines is 3. The first-order chi connectivity index (χ1) is 13.9. The van der Waals surface area contributed by atoms with Gasteiger partial charge in [0.05, 0.1) is 19.2 Å². The zero-order chi connectivity index (χ0) is 20.8. The van der Waals surface area contributed by atoms with E-state index in [2.05, 4.69) is 40.0 Å². The molecule has 1 aromatic heterocycles. The average Bonchev–Trinajstić information content (AvgIpc) is 3.10. The fourth-order valence-corrected chi connectivity index (χ4v) is 2.92. The van der Waals surface area contributed by atoms with E-state index >= 15 is 0 Å². The highest BCUT2D eigenvalue weighted by atomic mass is 16.2. The maximum absolute atomic E-state index is 12.4. The molecular formula is C22H25N5O2.